The molecule has 0 saturated carbocycles. The Morgan fingerprint density at radius 3 is 2.56 bits per heavy atom. The largest absolute Gasteiger partial charge is 0.494 e. The lowest BCUT2D eigenvalue weighted by molar-refractivity contribution is -0.140. The fourth-order valence-corrected chi connectivity index (χ4v) is 2.49. The Kier molecular flexibility index (Phi) is 4.22. The summed E-state index contributed by atoms with van der Waals surface area (Å²) in [5, 5.41) is 0.424. The summed E-state index contributed by atoms with van der Waals surface area (Å²) < 4.78 is 49.7. The molecule has 3 aromatic rings. The highest BCUT2D eigenvalue weighted by atomic mass is 19.4. The van der Waals surface area contributed by atoms with Crippen LogP contribution in [0.25, 0.3) is 28.4 Å². The monoisotopic (exact) mass is 349 g/mol. The molecule has 2 heterocycles. The number of pyridine rings is 1. The highest BCUT2D eigenvalue weighted by molar-refractivity contribution is 5.96. The first-order chi connectivity index (χ1) is 11.9. The van der Waals surface area contributed by atoms with E-state index in [4.69, 9.17) is 14.9 Å². The smallest absolute Gasteiger partial charge is 0.433 e. The number of alkyl halides is 3. The zero-order valence-corrected chi connectivity index (χ0v) is 13.2. The highest BCUT2D eigenvalue weighted by Gasteiger charge is 2.33. The molecule has 0 unspecified atom stereocenters. The van der Waals surface area contributed by atoms with Crippen molar-refractivity contribution in [3.63, 3.8) is 0 Å². The van der Waals surface area contributed by atoms with Gasteiger partial charge in [-0.15, -0.1) is 0 Å². The lowest BCUT2D eigenvalue weighted by Crippen LogP contribution is -2.08. The van der Waals surface area contributed by atoms with Gasteiger partial charge in [-0.25, -0.2) is 9.97 Å². The van der Waals surface area contributed by atoms with Gasteiger partial charge in [0.15, 0.2) is 0 Å². The number of nitrogens with zero attached hydrogens (tertiary/aromatic N) is 2. The standard InChI is InChI=1S/C17H14F3N3O2/c1-3-11-13(8-21)25-16(22-11)10-4-6-12(24-2)15-9(10)5-7-14(23-15)17(18,19)20/h3-7H,1,8,21H2,2H3. The molecular weight excluding hydrogens is 335 g/mol. The van der Waals surface area contributed by atoms with Crippen molar-refractivity contribution in [1.29, 1.82) is 0 Å². The van der Waals surface area contributed by atoms with Gasteiger partial charge < -0.3 is 14.9 Å². The van der Waals surface area contributed by atoms with Crippen molar-refractivity contribution in [3.05, 3.63) is 48.0 Å². The summed E-state index contributed by atoms with van der Waals surface area (Å²) in [6, 6.07) is 5.40. The molecule has 0 saturated heterocycles. The van der Waals surface area contributed by atoms with E-state index in [1.54, 1.807) is 6.07 Å². The maximum absolute atomic E-state index is 13.0. The first kappa shape index (κ1) is 17.0. The number of benzene rings is 1. The Bertz CT molecular complexity index is 948. The summed E-state index contributed by atoms with van der Waals surface area (Å²) in [4.78, 5) is 8.00. The van der Waals surface area contributed by atoms with Crippen LogP contribution < -0.4 is 10.5 Å². The molecule has 0 amide bonds. The van der Waals surface area contributed by atoms with Crippen LogP contribution in [-0.2, 0) is 12.7 Å². The lowest BCUT2D eigenvalue weighted by Gasteiger charge is -2.11. The number of rotatable bonds is 4. The molecule has 25 heavy (non-hydrogen) atoms. The molecule has 0 aliphatic carbocycles. The van der Waals surface area contributed by atoms with E-state index < -0.39 is 11.9 Å². The predicted molar refractivity (Wildman–Crippen MR) is 86.8 cm³/mol. The summed E-state index contributed by atoms with van der Waals surface area (Å²) in [5.74, 6) is 0.887. The van der Waals surface area contributed by atoms with Gasteiger partial charge in [0.25, 0.3) is 0 Å². The number of nitrogens with two attached hydrogens (primary N) is 1. The zero-order valence-electron chi connectivity index (χ0n) is 13.2. The summed E-state index contributed by atoms with van der Waals surface area (Å²) in [7, 11) is 1.36. The molecule has 0 radical (unpaired) electrons. The minimum Gasteiger partial charge on any atom is -0.494 e. The number of oxazole rings is 1. The minimum absolute atomic E-state index is 0.0717. The highest BCUT2D eigenvalue weighted by Crippen LogP contribution is 2.36. The summed E-state index contributed by atoms with van der Waals surface area (Å²) in [6.45, 7) is 3.76. The van der Waals surface area contributed by atoms with Crippen molar-refractivity contribution in [1.82, 2.24) is 9.97 Å². The van der Waals surface area contributed by atoms with E-state index in [0.717, 1.165) is 6.07 Å². The van der Waals surface area contributed by atoms with Gasteiger partial charge in [0.2, 0.25) is 5.89 Å². The van der Waals surface area contributed by atoms with Crippen LogP contribution in [0, 0.1) is 0 Å². The number of hydrogen-bond donors (Lipinski definition) is 1. The quantitative estimate of drug-likeness (QED) is 0.770. The summed E-state index contributed by atoms with van der Waals surface area (Å²) in [5.41, 5.74) is 5.65. The molecular formula is C17H14F3N3O2. The lowest BCUT2D eigenvalue weighted by atomic mass is 10.1. The second kappa shape index (κ2) is 6.21. The summed E-state index contributed by atoms with van der Waals surface area (Å²) >= 11 is 0. The molecule has 0 fully saturated rings. The second-order valence-electron chi connectivity index (χ2n) is 5.14. The first-order valence-electron chi connectivity index (χ1n) is 7.26. The molecule has 3 rings (SSSR count). The van der Waals surface area contributed by atoms with Gasteiger partial charge in [-0.3, -0.25) is 0 Å². The third-order valence-corrected chi connectivity index (χ3v) is 3.67. The molecule has 2 aromatic heterocycles. The van der Waals surface area contributed by atoms with E-state index in [1.807, 2.05) is 0 Å². The van der Waals surface area contributed by atoms with Crippen LogP contribution in [0.2, 0.25) is 0 Å². The van der Waals surface area contributed by atoms with Gasteiger partial charge in [-0.05, 0) is 30.3 Å². The Morgan fingerprint density at radius 2 is 2.00 bits per heavy atom. The van der Waals surface area contributed by atoms with E-state index in [2.05, 4.69) is 16.5 Å². The molecule has 2 N–H and O–H groups in total. The maximum atomic E-state index is 13.0. The van der Waals surface area contributed by atoms with Crippen LogP contribution in [0.3, 0.4) is 0 Å². The van der Waals surface area contributed by atoms with Gasteiger partial charge in [0.05, 0.1) is 13.7 Å². The van der Waals surface area contributed by atoms with Crippen molar-refractivity contribution >= 4 is 17.0 Å². The Hall–Kier alpha value is -2.87. The SMILES string of the molecule is C=Cc1nc(-c2ccc(OC)c3nc(C(F)(F)F)ccc23)oc1CN. The third kappa shape index (κ3) is 2.96. The normalized spacial score (nSPS) is 11.7. The van der Waals surface area contributed by atoms with Crippen LogP contribution in [-0.4, -0.2) is 17.1 Å². The van der Waals surface area contributed by atoms with Crippen molar-refractivity contribution in [2.75, 3.05) is 7.11 Å². The van der Waals surface area contributed by atoms with Crippen LogP contribution in [0.5, 0.6) is 5.75 Å². The maximum Gasteiger partial charge on any atom is 0.433 e. The van der Waals surface area contributed by atoms with E-state index in [-0.39, 0.29) is 23.7 Å². The van der Waals surface area contributed by atoms with E-state index >= 15 is 0 Å². The average Bonchev–Trinajstić information content (AvgIpc) is 3.02. The Labute approximate surface area is 140 Å². The zero-order chi connectivity index (χ0) is 18.2. The number of fused-ring (bicyclic) bond motifs is 1. The molecule has 8 heteroatoms. The molecule has 5 nitrogen and oxygen atoms in total. The first-order valence-corrected chi connectivity index (χ1v) is 7.26. The van der Waals surface area contributed by atoms with Gasteiger partial charge >= 0.3 is 6.18 Å². The number of methoxy groups -OCH3 is 1. The number of ether oxygens (including phenoxy) is 1. The molecule has 0 bridgehead atoms. The van der Waals surface area contributed by atoms with Gasteiger partial charge in [-0.2, -0.15) is 13.2 Å². The topological polar surface area (TPSA) is 74.2 Å². The van der Waals surface area contributed by atoms with E-state index in [0.29, 0.717) is 22.4 Å². The third-order valence-electron chi connectivity index (χ3n) is 3.67. The van der Waals surface area contributed by atoms with Gasteiger partial charge in [0, 0.05) is 10.9 Å². The molecule has 0 aliphatic heterocycles. The fourth-order valence-electron chi connectivity index (χ4n) is 2.49. The summed E-state index contributed by atoms with van der Waals surface area (Å²) in [6.07, 6.45) is -3.05. The molecule has 0 atom stereocenters. The van der Waals surface area contributed by atoms with Crippen molar-refractivity contribution < 1.29 is 22.3 Å². The van der Waals surface area contributed by atoms with Crippen molar-refractivity contribution in [2.24, 2.45) is 5.73 Å². The Morgan fingerprint density at radius 1 is 1.24 bits per heavy atom. The van der Waals surface area contributed by atoms with Crippen LogP contribution in [0.15, 0.2) is 35.3 Å². The van der Waals surface area contributed by atoms with Crippen molar-refractivity contribution in [2.45, 2.75) is 12.7 Å². The van der Waals surface area contributed by atoms with Crippen molar-refractivity contribution in [3.8, 4) is 17.2 Å². The van der Waals surface area contributed by atoms with Crippen LogP contribution >= 0.6 is 0 Å². The number of aromatic nitrogens is 2. The number of halogens is 3. The van der Waals surface area contributed by atoms with Gasteiger partial charge in [-0.1, -0.05) is 6.58 Å². The number of hydrogen-bond acceptors (Lipinski definition) is 5. The molecule has 0 spiro atoms. The molecule has 1 aromatic carbocycles. The fraction of sp³-hybridized carbons (Fsp3) is 0.176. The van der Waals surface area contributed by atoms with E-state index in [1.165, 1.54) is 25.3 Å². The Balaban J connectivity index is 2.27. The predicted octanol–water partition coefficient (Wildman–Crippen LogP) is 4.02. The van der Waals surface area contributed by atoms with Crippen LogP contribution in [0.1, 0.15) is 17.1 Å². The average molecular weight is 349 g/mol. The molecule has 130 valence electrons. The minimum atomic E-state index is -4.55. The van der Waals surface area contributed by atoms with Crippen LogP contribution in [0.4, 0.5) is 13.2 Å². The second-order valence-corrected chi connectivity index (χ2v) is 5.14. The van der Waals surface area contributed by atoms with E-state index in [9.17, 15) is 13.2 Å². The van der Waals surface area contributed by atoms with Gasteiger partial charge in [0.1, 0.15) is 28.4 Å². The molecule has 0 aliphatic rings.